The van der Waals surface area contributed by atoms with E-state index < -0.39 is 0 Å². The zero-order valence-corrected chi connectivity index (χ0v) is 7.60. The Hall–Kier alpha value is -2.08. The monoisotopic (exact) mass is 186 g/mol. The van der Waals surface area contributed by atoms with Gasteiger partial charge in [-0.1, -0.05) is 30.3 Å². The van der Waals surface area contributed by atoms with Crippen molar-refractivity contribution in [1.82, 2.24) is 5.32 Å². The van der Waals surface area contributed by atoms with Crippen molar-refractivity contribution in [2.45, 2.75) is 0 Å². The summed E-state index contributed by atoms with van der Waals surface area (Å²) in [6, 6.07) is 10.9. The number of carbonyl (C=O) groups is 1. The zero-order chi connectivity index (χ0) is 10.2. The number of ketones is 1. The molecule has 0 aliphatic carbocycles. The Morgan fingerprint density at radius 1 is 1.43 bits per heavy atom. The lowest BCUT2D eigenvalue weighted by molar-refractivity contribution is 0.104. The third-order valence-corrected chi connectivity index (χ3v) is 1.59. The topological polar surface area (TPSA) is 52.9 Å². The number of nitrogens with one attached hydrogen (secondary N) is 1. The van der Waals surface area contributed by atoms with Crippen molar-refractivity contribution >= 4 is 5.78 Å². The van der Waals surface area contributed by atoms with E-state index in [1.807, 2.05) is 24.3 Å². The molecule has 0 radical (unpaired) electrons. The second kappa shape index (κ2) is 5.55. The van der Waals surface area contributed by atoms with Crippen molar-refractivity contribution in [3.05, 3.63) is 48.2 Å². The Morgan fingerprint density at radius 2 is 2.14 bits per heavy atom. The second-order valence-electron chi connectivity index (χ2n) is 2.60. The number of hydrogen-bond donors (Lipinski definition) is 1. The van der Waals surface area contributed by atoms with Gasteiger partial charge in [0.1, 0.15) is 6.54 Å². The van der Waals surface area contributed by atoms with E-state index in [9.17, 15) is 4.79 Å². The Kier molecular flexibility index (Phi) is 3.96. The van der Waals surface area contributed by atoms with Crippen molar-refractivity contribution < 1.29 is 4.79 Å². The van der Waals surface area contributed by atoms with E-state index in [4.69, 9.17) is 5.26 Å². The van der Waals surface area contributed by atoms with Gasteiger partial charge in [0.15, 0.2) is 5.78 Å². The maximum Gasteiger partial charge on any atom is 0.187 e. The molecule has 70 valence electrons. The summed E-state index contributed by atoms with van der Waals surface area (Å²) in [6.45, 7) is 0.207. The van der Waals surface area contributed by atoms with Gasteiger partial charge in [-0.05, 0) is 0 Å². The zero-order valence-electron chi connectivity index (χ0n) is 7.60. The summed E-state index contributed by atoms with van der Waals surface area (Å²) in [7, 11) is 0. The van der Waals surface area contributed by atoms with Gasteiger partial charge in [0.2, 0.25) is 0 Å². The van der Waals surface area contributed by atoms with Gasteiger partial charge in [0.05, 0.1) is 6.07 Å². The summed E-state index contributed by atoms with van der Waals surface area (Å²) in [5.41, 5.74) is 0.641. The van der Waals surface area contributed by atoms with Crippen LogP contribution >= 0.6 is 0 Å². The van der Waals surface area contributed by atoms with Crippen LogP contribution in [0.25, 0.3) is 0 Å². The summed E-state index contributed by atoms with van der Waals surface area (Å²) >= 11 is 0. The van der Waals surface area contributed by atoms with Crippen LogP contribution in [-0.2, 0) is 0 Å². The van der Waals surface area contributed by atoms with Crippen LogP contribution < -0.4 is 5.32 Å². The highest BCUT2D eigenvalue weighted by molar-refractivity contribution is 6.04. The fourth-order valence-electron chi connectivity index (χ4n) is 0.938. The molecule has 0 saturated carbocycles. The molecule has 0 bridgehead atoms. The summed E-state index contributed by atoms with van der Waals surface area (Å²) in [4.78, 5) is 11.4. The molecule has 0 heterocycles. The van der Waals surface area contributed by atoms with Crippen molar-refractivity contribution in [1.29, 1.82) is 5.26 Å². The number of carbonyl (C=O) groups excluding carboxylic acids is 1. The minimum absolute atomic E-state index is 0.0731. The van der Waals surface area contributed by atoms with Crippen LogP contribution in [0.15, 0.2) is 42.6 Å². The van der Waals surface area contributed by atoms with Crippen LogP contribution in [0.5, 0.6) is 0 Å². The first kappa shape index (κ1) is 10.0. The number of rotatable bonds is 4. The van der Waals surface area contributed by atoms with Crippen LogP contribution in [0.2, 0.25) is 0 Å². The predicted octanol–water partition coefficient (Wildman–Crippen LogP) is 1.50. The first-order valence-corrected chi connectivity index (χ1v) is 4.21. The molecule has 0 unspecified atom stereocenters. The summed E-state index contributed by atoms with van der Waals surface area (Å²) in [6.07, 6.45) is 2.89. The van der Waals surface area contributed by atoms with Crippen molar-refractivity contribution in [2.75, 3.05) is 6.54 Å². The summed E-state index contributed by atoms with van der Waals surface area (Å²) in [5, 5.41) is 10.9. The number of benzene rings is 1. The first-order chi connectivity index (χ1) is 6.84. The molecule has 1 aromatic rings. The molecular formula is C11H10N2O. The van der Waals surface area contributed by atoms with E-state index in [0.717, 1.165) is 0 Å². The molecule has 0 aliphatic heterocycles. The maximum atomic E-state index is 11.4. The Morgan fingerprint density at radius 3 is 2.79 bits per heavy atom. The molecule has 0 atom stereocenters. The maximum absolute atomic E-state index is 11.4. The standard InChI is InChI=1S/C11H10N2O/c12-7-9-13-8-6-11(14)10-4-2-1-3-5-10/h1-6,8,13H,9H2/b8-6-. The predicted molar refractivity (Wildman–Crippen MR) is 53.5 cm³/mol. The highest BCUT2D eigenvalue weighted by Crippen LogP contribution is 1.99. The normalized spacial score (nSPS) is 9.64. The van der Waals surface area contributed by atoms with E-state index in [0.29, 0.717) is 5.56 Å². The van der Waals surface area contributed by atoms with Gasteiger partial charge >= 0.3 is 0 Å². The van der Waals surface area contributed by atoms with Gasteiger partial charge in [0.25, 0.3) is 0 Å². The van der Waals surface area contributed by atoms with Gasteiger partial charge < -0.3 is 5.32 Å². The van der Waals surface area contributed by atoms with Crippen molar-refractivity contribution in [3.8, 4) is 6.07 Å². The molecule has 0 aliphatic rings. The number of hydrogen-bond acceptors (Lipinski definition) is 3. The molecule has 0 spiro atoms. The minimum Gasteiger partial charge on any atom is -0.378 e. The van der Waals surface area contributed by atoms with Crippen LogP contribution in [0.1, 0.15) is 10.4 Å². The Bertz CT molecular complexity index is 363. The fraction of sp³-hybridized carbons (Fsp3) is 0.0909. The summed E-state index contributed by atoms with van der Waals surface area (Å²) < 4.78 is 0. The second-order valence-corrected chi connectivity index (χ2v) is 2.60. The molecule has 1 N–H and O–H groups in total. The smallest absolute Gasteiger partial charge is 0.187 e. The van der Waals surface area contributed by atoms with Crippen LogP contribution in [0, 0.1) is 11.3 Å². The van der Waals surface area contributed by atoms with Crippen LogP contribution in [-0.4, -0.2) is 12.3 Å². The molecule has 0 saturated heterocycles. The van der Waals surface area contributed by atoms with Crippen molar-refractivity contribution in [2.24, 2.45) is 0 Å². The van der Waals surface area contributed by atoms with Gasteiger partial charge in [-0.3, -0.25) is 4.79 Å². The average molecular weight is 186 g/mol. The molecule has 0 fully saturated rings. The minimum atomic E-state index is -0.0731. The molecular weight excluding hydrogens is 176 g/mol. The van der Waals surface area contributed by atoms with E-state index in [1.54, 1.807) is 12.1 Å². The van der Waals surface area contributed by atoms with Gasteiger partial charge in [-0.15, -0.1) is 0 Å². The Labute approximate surface area is 82.7 Å². The van der Waals surface area contributed by atoms with Gasteiger partial charge in [-0.2, -0.15) is 5.26 Å². The molecule has 14 heavy (non-hydrogen) atoms. The third-order valence-electron chi connectivity index (χ3n) is 1.59. The average Bonchev–Trinajstić information content (AvgIpc) is 2.25. The van der Waals surface area contributed by atoms with E-state index in [1.165, 1.54) is 12.3 Å². The largest absolute Gasteiger partial charge is 0.378 e. The first-order valence-electron chi connectivity index (χ1n) is 4.21. The number of allylic oxidation sites excluding steroid dienone is 1. The molecule has 0 aromatic heterocycles. The van der Waals surface area contributed by atoms with Crippen molar-refractivity contribution in [3.63, 3.8) is 0 Å². The molecule has 1 rings (SSSR count). The molecule has 3 heteroatoms. The third kappa shape index (κ3) is 3.11. The highest BCUT2D eigenvalue weighted by Gasteiger charge is 1.97. The summed E-state index contributed by atoms with van der Waals surface area (Å²) in [5.74, 6) is -0.0731. The van der Waals surface area contributed by atoms with E-state index in [2.05, 4.69) is 5.32 Å². The lowest BCUT2D eigenvalue weighted by Gasteiger charge is -1.93. The number of nitrogens with zero attached hydrogens (tertiary/aromatic N) is 1. The molecule has 1 aromatic carbocycles. The molecule has 0 amide bonds. The fourth-order valence-corrected chi connectivity index (χ4v) is 0.938. The lowest BCUT2D eigenvalue weighted by Crippen LogP contribution is -2.05. The lowest BCUT2D eigenvalue weighted by atomic mass is 10.1. The quantitative estimate of drug-likeness (QED) is 0.335. The number of nitriles is 1. The Balaban J connectivity index is 2.52. The highest BCUT2D eigenvalue weighted by atomic mass is 16.1. The van der Waals surface area contributed by atoms with Gasteiger partial charge in [-0.25, -0.2) is 0 Å². The van der Waals surface area contributed by atoms with Crippen LogP contribution in [0.3, 0.4) is 0 Å². The van der Waals surface area contributed by atoms with Crippen LogP contribution in [0.4, 0.5) is 0 Å². The molecule has 3 nitrogen and oxygen atoms in total. The SMILES string of the molecule is N#CCN/C=C\C(=O)c1ccccc1. The van der Waals surface area contributed by atoms with Gasteiger partial charge in [0, 0.05) is 17.8 Å². The van der Waals surface area contributed by atoms with E-state index in [-0.39, 0.29) is 12.3 Å². The van der Waals surface area contributed by atoms with E-state index >= 15 is 0 Å².